The van der Waals surface area contributed by atoms with Crippen molar-refractivity contribution < 1.29 is 13.2 Å². The second-order valence-corrected chi connectivity index (χ2v) is 6.01. The van der Waals surface area contributed by atoms with E-state index >= 15 is 0 Å². The minimum atomic E-state index is -0.657. The van der Waals surface area contributed by atoms with E-state index in [4.69, 9.17) is 4.42 Å². The summed E-state index contributed by atoms with van der Waals surface area (Å²) in [5.74, 6) is 0.0917. The molecule has 5 rings (SSSR count). The molecule has 2 aromatic carbocycles. The highest BCUT2D eigenvalue weighted by Gasteiger charge is 2.26. The maximum Gasteiger partial charge on any atom is 0.156 e. The number of fused-ring (bicyclic) bond motifs is 2. The summed E-state index contributed by atoms with van der Waals surface area (Å²) in [6.07, 6.45) is 0.768. The molecule has 0 aliphatic carbocycles. The van der Waals surface area contributed by atoms with E-state index in [0.717, 1.165) is 41.4 Å². The van der Waals surface area contributed by atoms with Gasteiger partial charge >= 0.3 is 0 Å². The lowest BCUT2D eigenvalue weighted by Gasteiger charge is -2.07. The lowest BCUT2D eigenvalue weighted by Crippen LogP contribution is -2.06. The Hall–Kier alpha value is -3.15. The summed E-state index contributed by atoms with van der Waals surface area (Å²) >= 11 is 0. The third kappa shape index (κ3) is 2.14. The smallest absolute Gasteiger partial charge is 0.156 e. The lowest BCUT2D eigenvalue weighted by atomic mass is 10.1. The first-order valence-electron chi connectivity index (χ1n) is 8.01. The van der Waals surface area contributed by atoms with E-state index in [9.17, 15) is 8.78 Å². The van der Waals surface area contributed by atoms with Crippen LogP contribution in [-0.2, 0) is 6.42 Å². The molecule has 0 spiro atoms. The number of aromatic nitrogens is 2. The summed E-state index contributed by atoms with van der Waals surface area (Å²) in [5.41, 5.74) is 2.64. The number of hydrogen-bond donors (Lipinski definition) is 1. The van der Waals surface area contributed by atoms with E-state index in [0.29, 0.717) is 11.5 Å². The molecule has 0 radical (unpaired) electrons. The van der Waals surface area contributed by atoms with Gasteiger partial charge in [-0.2, -0.15) is 5.10 Å². The highest BCUT2D eigenvalue weighted by Crippen LogP contribution is 2.37. The monoisotopic (exact) mass is 337 g/mol. The first kappa shape index (κ1) is 14.2. The Morgan fingerprint density at radius 1 is 1.08 bits per heavy atom. The molecular weight excluding hydrogens is 324 g/mol. The zero-order valence-electron chi connectivity index (χ0n) is 13.1. The Morgan fingerprint density at radius 3 is 2.80 bits per heavy atom. The van der Waals surface area contributed by atoms with Crippen molar-refractivity contribution in [3.05, 3.63) is 65.7 Å². The van der Waals surface area contributed by atoms with Crippen molar-refractivity contribution in [2.75, 3.05) is 11.9 Å². The minimum absolute atomic E-state index is 0.203. The SMILES string of the molecule is Fc1ccc(-n2nc(-c3cc4ccccc4o3)c3c2NCC3)c(F)c1. The van der Waals surface area contributed by atoms with Gasteiger partial charge in [0.2, 0.25) is 0 Å². The molecular formula is C19H13F2N3O. The van der Waals surface area contributed by atoms with Gasteiger partial charge in [0.05, 0.1) is 0 Å². The summed E-state index contributed by atoms with van der Waals surface area (Å²) in [5, 5.41) is 8.77. The largest absolute Gasteiger partial charge is 0.454 e. The van der Waals surface area contributed by atoms with Gasteiger partial charge in [-0.1, -0.05) is 18.2 Å². The van der Waals surface area contributed by atoms with Crippen LogP contribution < -0.4 is 5.32 Å². The van der Waals surface area contributed by atoms with Gasteiger partial charge in [-0.25, -0.2) is 13.5 Å². The Balaban J connectivity index is 1.71. The predicted molar refractivity (Wildman–Crippen MR) is 90.9 cm³/mol. The van der Waals surface area contributed by atoms with Crippen LogP contribution in [0.4, 0.5) is 14.6 Å². The van der Waals surface area contributed by atoms with E-state index < -0.39 is 11.6 Å². The van der Waals surface area contributed by atoms with Crippen molar-refractivity contribution in [1.29, 1.82) is 0 Å². The number of halogens is 2. The van der Waals surface area contributed by atoms with Crippen LogP contribution in [0.2, 0.25) is 0 Å². The third-order valence-electron chi connectivity index (χ3n) is 4.45. The minimum Gasteiger partial charge on any atom is -0.454 e. The van der Waals surface area contributed by atoms with Crippen LogP contribution in [-0.4, -0.2) is 16.3 Å². The molecule has 25 heavy (non-hydrogen) atoms. The van der Waals surface area contributed by atoms with Crippen LogP contribution in [0.1, 0.15) is 5.56 Å². The van der Waals surface area contributed by atoms with Crippen LogP contribution in [0, 0.1) is 11.6 Å². The number of rotatable bonds is 2. The zero-order valence-corrected chi connectivity index (χ0v) is 13.1. The van der Waals surface area contributed by atoms with Gasteiger partial charge in [-0.05, 0) is 30.7 Å². The Bertz CT molecular complexity index is 1080. The number of anilines is 1. The standard InChI is InChI=1S/C19H13F2N3O/c20-12-5-6-15(14(21)10-12)24-19-13(7-8-22-19)18(23-24)17-9-11-3-1-2-4-16(11)25-17/h1-6,9-10,22H,7-8H2. The van der Waals surface area contributed by atoms with Gasteiger partial charge in [-0.15, -0.1) is 0 Å². The molecule has 1 aliphatic heterocycles. The maximum atomic E-state index is 14.2. The zero-order chi connectivity index (χ0) is 17.0. The van der Waals surface area contributed by atoms with Crippen molar-refractivity contribution in [3.63, 3.8) is 0 Å². The molecule has 124 valence electrons. The van der Waals surface area contributed by atoms with Gasteiger partial charge in [0, 0.05) is 23.6 Å². The van der Waals surface area contributed by atoms with Gasteiger partial charge in [-0.3, -0.25) is 0 Å². The lowest BCUT2D eigenvalue weighted by molar-refractivity contribution is 0.573. The average Bonchev–Trinajstić information content (AvgIpc) is 3.29. The van der Waals surface area contributed by atoms with Crippen molar-refractivity contribution in [2.24, 2.45) is 0 Å². The van der Waals surface area contributed by atoms with E-state index in [2.05, 4.69) is 10.4 Å². The maximum absolute atomic E-state index is 14.2. The number of hydrogen-bond acceptors (Lipinski definition) is 3. The quantitative estimate of drug-likeness (QED) is 0.584. The molecule has 6 heteroatoms. The Morgan fingerprint density at radius 2 is 1.96 bits per heavy atom. The highest BCUT2D eigenvalue weighted by atomic mass is 19.1. The molecule has 3 heterocycles. The van der Waals surface area contributed by atoms with E-state index in [1.165, 1.54) is 16.8 Å². The number of para-hydroxylation sites is 1. The molecule has 0 saturated heterocycles. The second-order valence-electron chi connectivity index (χ2n) is 6.01. The molecule has 0 bridgehead atoms. The summed E-state index contributed by atoms with van der Waals surface area (Å²) < 4.78 is 34.9. The molecule has 4 aromatic rings. The van der Waals surface area contributed by atoms with Gasteiger partial charge in [0.15, 0.2) is 11.6 Å². The molecule has 1 N–H and O–H groups in total. The van der Waals surface area contributed by atoms with Crippen LogP contribution in [0.3, 0.4) is 0 Å². The predicted octanol–water partition coefficient (Wildman–Crippen LogP) is 4.53. The molecule has 0 unspecified atom stereocenters. The van der Waals surface area contributed by atoms with E-state index in [1.807, 2.05) is 30.3 Å². The van der Waals surface area contributed by atoms with Gasteiger partial charge in [0.25, 0.3) is 0 Å². The summed E-state index contributed by atoms with van der Waals surface area (Å²) in [4.78, 5) is 0. The topological polar surface area (TPSA) is 43.0 Å². The molecule has 4 nitrogen and oxygen atoms in total. The summed E-state index contributed by atoms with van der Waals surface area (Å²) in [6.45, 7) is 0.739. The summed E-state index contributed by atoms with van der Waals surface area (Å²) in [7, 11) is 0. The normalized spacial score (nSPS) is 13.2. The van der Waals surface area contributed by atoms with E-state index in [-0.39, 0.29) is 5.69 Å². The molecule has 2 aromatic heterocycles. The van der Waals surface area contributed by atoms with Crippen molar-refractivity contribution in [3.8, 4) is 17.1 Å². The Kier molecular flexibility index (Phi) is 2.94. The van der Waals surface area contributed by atoms with Crippen LogP contribution in [0.15, 0.2) is 52.9 Å². The van der Waals surface area contributed by atoms with Crippen LogP contribution >= 0.6 is 0 Å². The van der Waals surface area contributed by atoms with E-state index in [1.54, 1.807) is 0 Å². The van der Waals surface area contributed by atoms with Crippen molar-refractivity contribution >= 4 is 16.8 Å². The van der Waals surface area contributed by atoms with Gasteiger partial charge in [0.1, 0.15) is 28.6 Å². The van der Waals surface area contributed by atoms with Crippen molar-refractivity contribution in [1.82, 2.24) is 9.78 Å². The highest BCUT2D eigenvalue weighted by molar-refractivity contribution is 5.83. The molecule has 0 saturated carbocycles. The number of benzene rings is 2. The molecule has 1 aliphatic rings. The molecule has 0 atom stereocenters. The average molecular weight is 337 g/mol. The fourth-order valence-corrected chi connectivity index (χ4v) is 3.30. The third-order valence-corrected chi connectivity index (χ3v) is 4.45. The van der Waals surface area contributed by atoms with Gasteiger partial charge < -0.3 is 9.73 Å². The van der Waals surface area contributed by atoms with Crippen LogP contribution in [0.5, 0.6) is 0 Å². The second kappa shape index (κ2) is 5.17. The first-order chi connectivity index (χ1) is 12.2. The number of furan rings is 1. The fourth-order valence-electron chi connectivity index (χ4n) is 3.30. The van der Waals surface area contributed by atoms with Crippen LogP contribution in [0.25, 0.3) is 28.1 Å². The number of nitrogens with one attached hydrogen (secondary N) is 1. The Labute approximate surface area is 141 Å². The molecule has 0 fully saturated rings. The number of nitrogens with zero attached hydrogens (tertiary/aromatic N) is 2. The fraction of sp³-hybridized carbons (Fsp3) is 0.105. The summed E-state index contributed by atoms with van der Waals surface area (Å²) in [6, 6.07) is 13.1. The first-order valence-corrected chi connectivity index (χ1v) is 8.01. The van der Waals surface area contributed by atoms with Crippen molar-refractivity contribution in [2.45, 2.75) is 6.42 Å². The molecule has 0 amide bonds.